The number of nitrogens with one attached hydrogen (secondary N) is 2. The number of primary amides is 1. The third-order valence-corrected chi connectivity index (χ3v) is 3.56. The standard InChI is InChI=1S/C14H16N4O5/c15-13(20)11(17-14(21)10-5-6-12(19)16-10)7-8-1-3-9(4-2-8)18(22)23/h1-4,10-11H,5-7H2,(H2,15,20)(H,16,19)(H,17,21)/t10-,11+/m1/s1. The smallest absolute Gasteiger partial charge is 0.269 e. The number of nitrogens with two attached hydrogens (primary N) is 1. The molecule has 3 amide bonds. The second-order valence-electron chi connectivity index (χ2n) is 5.25. The maximum absolute atomic E-state index is 12.0. The number of carbonyl (C=O) groups is 3. The molecular formula is C14H16N4O5. The molecule has 1 aliphatic heterocycles. The summed E-state index contributed by atoms with van der Waals surface area (Å²) < 4.78 is 0. The van der Waals surface area contributed by atoms with E-state index in [0.717, 1.165) is 0 Å². The van der Waals surface area contributed by atoms with Crippen molar-refractivity contribution in [2.45, 2.75) is 31.3 Å². The van der Waals surface area contributed by atoms with Crippen molar-refractivity contribution in [3.8, 4) is 0 Å². The van der Waals surface area contributed by atoms with E-state index in [9.17, 15) is 24.5 Å². The van der Waals surface area contributed by atoms with Crippen LogP contribution in [0, 0.1) is 10.1 Å². The molecule has 0 aromatic heterocycles. The number of hydrogen-bond acceptors (Lipinski definition) is 5. The zero-order valence-electron chi connectivity index (χ0n) is 12.2. The van der Waals surface area contributed by atoms with Crippen molar-refractivity contribution in [2.75, 3.05) is 0 Å². The Bertz CT molecular complexity index is 643. The van der Waals surface area contributed by atoms with Crippen LogP contribution in [-0.4, -0.2) is 34.7 Å². The van der Waals surface area contributed by atoms with Gasteiger partial charge >= 0.3 is 0 Å². The summed E-state index contributed by atoms with van der Waals surface area (Å²) in [6.45, 7) is 0. The van der Waals surface area contributed by atoms with Crippen molar-refractivity contribution < 1.29 is 19.3 Å². The SMILES string of the molecule is NC(=O)[C@H](Cc1ccc([N+](=O)[O-])cc1)NC(=O)[C@H]1CCC(=O)N1. The Labute approximate surface area is 131 Å². The molecule has 1 saturated heterocycles. The minimum atomic E-state index is -0.957. The van der Waals surface area contributed by atoms with E-state index >= 15 is 0 Å². The fourth-order valence-electron chi connectivity index (χ4n) is 2.30. The third kappa shape index (κ3) is 4.25. The molecular weight excluding hydrogens is 304 g/mol. The number of hydrogen-bond donors (Lipinski definition) is 3. The summed E-state index contributed by atoms with van der Waals surface area (Å²) in [4.78, 5) is 44.7. The number of amides is 3. The van der Waals surface area contributed by atoms with E-state index in [1.54, 1.807) is 0 Å². The molecule has 0 unspecified atom stereocenters. The number of nitro groups is 1. The van der Waals surface area contributed by atoms with Gasteiger partial charge < -0.3 is 16.4 Å². The first-order valence-corrected chi connectivity index (χ1v) is 6.99. The highest BCUT2D eigenvalue weighted by Crippen LogP contribution is 2.13. The number of benzene rings is 1. The Balaban J connectivity index is 2.01. The van der Waals surface area contributed by atoms with E-state index in [1.807, 2.05) is 0 Å². The summed E-state index contributed by atoms with van der Waals surface area (Å²) >= 11 is 0. The summed E-state index contributed by atoms with van der Waals surface area (Å²) in [6.07, 6.45) is 0.745. The Morgan fingerprint density at radius 1 is 1.39 bits per heavy atom. The lowest BCUT2D eigenvalue weighted by Gasteiger charge is -2.18. The van der Waals surface area contributed by atoms with Gasteiger partial charge in [-0.3, -0.25) is 24.5 Å². The first kappa shape index (κ1) is 16.4. The van der Waals surface area contributed by atoms with Gasteiger partial charge in [0.05, 0.1) is 4.92 Å². The molecule has 2 rings (SSSR count). The largest absolute Gasteiger partial charge is 0.368 e. The van der Waals surface area contributed by atoms with Crippen LogP contribution in [0.15, 0.2) is 24.3 Å². The van der Waals surface area contributed by atoms with Crippen molar-refractivity contribution in [1.82, 2.24) is 10.6 Å². The molecule has 9 heteroatoms. The molecule has 1 aliphatic rings. The van der Waals surface area contributed by atoms with Gasteiger partial charge in [-0.25, -0.2) is 0 Å². The van der Waals surface area contributed by atoms with Crippen LogP contribution in [0.25, 0.3) is 0 Å². The molecule has 23 heavy (non-hydrogen) atoms. The molecule has 0 aliphatic carbocycles. The Morgan fingerprint density at radius 3 is 2.52 bits per heavy atom. The van der Waals surface area contributed by atoms with Crippen LogP contribution in [0.1, 0.15) is 18.4 Å². The van der Waals surface area contributed by atoms with Gasteiger partial charge in [-0.15, -0.1) is 0 Å². The fourth-order valence-corrected chi connectivity index (χ4v) is 2.30. The molecule has 1 aromatic carbocycles. The first-order chi connectivity index (χ1) is 10.9. The molecule has 0 radical (unpaired) electrons. The highest BCUT2D eigenvalue weighted by atomic mass is 16.6. The van der Waals surface area contributed by atoms with Crippen LogP contribution >= 0.6 is 0 Å². The quantitative estimate of drug-likeness (QED) is 0.473. The highest BCUT2D eigenvalue weighted by Gasteiger charge is 2.29. The van der Waals surface area contributed by atoms with Crippen molar-refractivity contribution in [3.05, 3.63) is 39.9 Å². The predicted molar refractivity (Wildman–Crippen MR) is 79.1 cm³/mol. The summed E-state index contributed by atoms with van der Waals surface area (Å²) in [5.41, 5.74) is 5.84. The number of carbonyl (C=O) groups excluding carboxylic acids is 3. The van der Waals surface area contributed by atoms with E-state index in [2.05, 4.69) is 10.6 Å². The zero-order chi connectivity index (χ0) is 17.0. The number of nitrogens with zero attached hydrogens (tertiary/aromatic N) is 1. The van der Waals surface area contributed by atoms with Crippen LogP contribution in [0.2, 0.25) is 0 Å². The lowest BCUT2D eigenvalue weighted by molar-refractivity contribution is -0.384. The van der Waals surface area contributed by atoms with Gasteiger partial charge in [0.15, 0.2) is 0 Å². The summed E-state index contributed by atoms with van der Waals surface area (Å²) in [5.74, 6) is -1.40. The molecule has 9 nitrogen and oxygen atoms in total. The normalized spacial score (nSPS) is 18.1. The highest BCUT2D eigenvalue weighted by molar-refractivity contribution is 5.93. The van der Waals surface area contributed by atoms with Gasteiger partial charge in [-0.1, -0.05) is 12.1 Å². The molecule has 2 atom stereocenters. The summed E-state index contributed by atoms with van der Waals surface area (Å²) in [6, 6.07) is 4.00. The lowest BCUT2D eigenvalue weighted by atomic mass is 10.0. The minimum absolute atomic E-state index is 0.0675. The molecule has 0 spiro atoms. The van der Waals surface area contributed by atoms with Crippen LogP contribution in [0.3, 0.4) is 0 Å². The van der Waals surface area contributed by atoms with E-state index in [4.69, 9.17) is 5.73 Å². The summed E-state index contributed by atoms with van der Waals surface area (Å²) in [7, 11) is 0. The molecule has 4 N–H and O–H groups in total. The maximum atomic E-state index is 12.0. The Hall–Kier alpha value is -2.97. The molecule has 1 fully saturated rings. The van der Waals surface area contributed by atoms with Gasteiger partial charge in [0.2, 0.25) is 17.7 Å². The second-order valence-corrected chi connectivity index (χ2v) is 5.25. The van der Waals surface area contributed by atoms with Crippen molar-refractivity contribution >= 4 is 23.4 Å². The zero-order valence-corrected chi connectivity index (χ0v) is 12.2. The second kappa shape index (κ2) is 6.86. The van der Waals surface area contributed by atoms with Crippen molar-refractivity contribution in [1.29, 1.82) is 0 Å². The van der Waals surface area contributed by atoms with E-state index in [0.29, 0.717) is 12.0 Å². The summed E-state index contributed by atoms with van der Waals surface area (Å²) in [5, 5.41) is 15.6. The number of rotatable bonds is 6. The van der Waals surface area contributed by atoms with Crippen LogP contribution in [-0.2, 0) is 20.8 Å². The molecule has 1 heterocycles. The van der Waals surface area contributed by atoms with Gasteiger partial charge in [-0.2, -0.15) is 0 Å². The van der Waals surface area contributed by atoms with Crippen LogP contribution in [0.4, 0.5) is 5.69 Å². The van der Waals surface area contributed by atoms with Crippen molar-refractivity contribution in [3.63, 3.8) is 0 Å². The van der Waals surface area contributed by atoms with E-state index in [1.165, 1.54) is 24.3 Å². The maximum Gasteiger partial charge on any atom is 0.269 e. The van der Waals surface area contributed by atoms with Gasteiger partial charge in [0.25, 0.3) is 5.69 Å². The first-order valence-electron chi connectivity index (χ1n) is 6.99. The predicted octanol–water partition coefficient (Wildman–Crippen LogP) is -0.614. The monoisotopic (exact) mass is 320 g/mol. The Morgan fingerprint density at radius 2 is 2.04 bits per heavy atom. The molecule has 0 bridgehead atoms. The van der Waals surface area contributed by atoms with E-state index < -0.39 is 28.8 Å². The van der Waals surface area contributed by atoms with Crippen LogP contribution < -0.4 is 16.4 Å². The number of nitro benzene ring substituents is 1. The molecule has 0 saturated carbocycles. The van der Waals surface area contributed by atoms with E-state index in [-0.39, 0.29) is 24.4 Å². The third-order valence-electron chi connectivity index (χ3n) is 3.56. The van der Waals surface area contributed by atoms with Crippen molar-refractivity contribution in [2.24, 2.45) is 5.73 Å². The topological polar surface area (TPSA) is 144 Å². The number of non-ortho nitro benzene ring substituents is 1. The molecule has 1 aromatic rings. The average molecular weight is 320 g/mol. The van der Waals surface area contributed by atoms with Gasteiger partial charge in [0, 0.05) is 25.0 Å². The van der Waals surface area contributed by atoms with Crippen LogP contribution in [0.5, 0.6) is 0 Å². The van der Waals surface area contributed by atoms with Gasteiger partial charge in [-0.05, 0) is 12.0 Å². The molecule has 122 valence electrons. The lowest BCUT2D eigenvalue weighted by Crippen LogP contribution is -2.51. The Kier molecular flexibility index (Phi) is 4.89. The fraction of sp³-hybridized carbons (Fsp3) is 0.357. The minimum Gasteiger partial charge on any atom is -0.368 e. The van der Waals surface area contributed by atoms with Gasteiger partial charge in [0.1, 0.15) is 12.1 Å². The average Bonchev–Trinajstić information content (AvgIpc) is 2.93.